The molecule has 17 heavy (non-hydrogen) atoms. The van der Waals surface area contributed by atoms with Crippen molar-refractivity contribution in [1.82, 2.24) is 9.55 Å². The van der Waals surface area contributed by atoms with Crippen LogP contribution in [0.2, 0.25) is 0 Å². The molecule has 1 aliphatic carbocycles. The van der Waals surface area contributed by atoms with E-state index in [9.17, 15) is 0 Å². The van der Waals surface area contributed by atoms with Gasteiger partial charge in [0.1, 0.15) is 0 Å². The van der Waals surface area contributed by atoms with Crippen molar-refractivity contribution >= 4 is 35.0 Å². The van der Waals surface area contributed by atoms with Crippen LogP contribution in [0.5, 0.6) is 0 Å². The minimum absolute atomic E-state index is 0.564. The van der Waals surface area contributed by atoms with Crippen LogP contribution in [-0.2, 0) is 0 Å². The lowest BCUT2D eigenvalue weighted by Crippen LogP contribution is -2.15. The van der Waals surface area contributed by atoms with Gasteiger partial charge >= 0.3 is 0 Å². The fourth-order valence-corrected chi connectivity index (χ4v) is 4.20. The maximum absolute atomic E-state index is 5.49. The summed E-state index contributed by atoms with van der Waals surface area (Å²) >= 11 is 7.46. The summed E-state index contributed by atoms with van der Waals surface area (Å²) in [5.74, 6) is 0. The van der Waals surface area contributed by atoms with Crippen LogP contribution >= 0.6 is 24.0 Å². The number of benzene rings is 1. The molecule has 2 atom stereocenters. The van der Waals surface area contributed by atoms with E-state index in [4.69, 9.17) is 12.2 Å². The van der Waals surface area contributed by atoms with Gasteiger partial charge in [-0.25, -0.2) is 0 Å². The highest BCUT2D eigenvalue weighted by Gasteiger charge is 2.29. The second-order valence-corrected chi connectivity index (χ2v) is 6.05. The van der Waals surface area contributed by atoms with Gasteiger partial charge in [-0.15, -0.1) is 0 Å². The van der Waals surface area contributed by atoms with Gasteiger partial charge in [-0.2, -0.15) is 11.8 Å². The van der Waals surface area contributed by atoms with Crippen LogP contribution in [0.3, 0.4) is 0 Å². The zero-order chi connectivity index (χ0) is 11.8. The molecule has 1 fully saturated rings. The predicted octanol–water partition coefficient (Wildman–Crippen LogP) is 4.16. The number of imidazole rings is 1. The van der Waals surface area contributed by atoms with Gasteiger partial charge in [-0.1, -0.05) is 18.6 Å². The maximum atomic E-state index is 5.49. The number of para-hydroxylation sites is 2. The Balaban J connectivity index is 2.16. The van der Waals surface area contributed by atoms with Crippen LogP contribution < -0.4 is 0 Å². The molecule has 0 radical (unpaired) electrons. The Labute approximate surface area is 110 Å². The largest absolute Gasteiger partial charge is 0.331 e. The Morgan fingerprint density at radius 3 is 3.00 bits per heavy atom. The lowest BCUT2D eigenvalue weighted by Gasteiger charge is -2.20. The highest BCUT2D eigenvalue weighted by Crippen LogP contribution is 2.39. The highest BCUT2D eigenvalue weighted by atomic mass is 32.2. The first-order valence-corrected chi connectivity index (χ1v) is 7.73. The van der Waals surface area contributed by atoms with Gasteiger partial charge in [0.05, 0.1) is 11.0 Å². The molecule has 2 nitrogen and oxygen atoms in total. The summed E-state index contributed by atoms with van der Waals surface area (Å²) in [6.07, 6.45) is 6.09. The first-order valence-electron chi connectivity index (χ1n) is 6.03. The molecule has 90 valence electrons. The summed E-state index contributed by atoms with van der Waals surface area (Å²) in [6, 6.07) is 8.97. The van der Waals surface area contributed by atoms with Gasteiger partial charge in [-0.3, -0.25) is 0 Å². The number of hydrogen-bond donors (Lipinski definition) is 1. The summed E-state index contributed by atoms with van der Waals surface area (Å²) < 4.78 is 3.20. The number of fused-ring (bicyclic) bond motifs is 1. The van der Waals surface area contributed by atoms with E-state index >= 15 is 0 Å². The summed E-state index contributed by atoms with van der Waals surface area (Å²) in [7, 11) is 0. The first-order chi connectivity index (χ1) is 8.31. The lowest BCUT2D eigenvalue weighted by atomic mass is 10.2. The molecule has 1 aromatic carbocycles. The molecular formula is C13H16N2S2. The fraction of sp³-hybridized carbons (Fsp3) is 0.462. The van der Waals surface area contributed by atoms with E-state index < -0.39 is 0 Å². The highest BCUT2D eigenvalue weighted by molar-refractivity contribution is 7.99. The number of aromatic nitrogens is 2. The molecule has 1 heterocycles. The number of rotatable bonds is 2. The van der Waals surface area contributed by atoms with E-state index in [0.717, 1.165) is 10.3 Å². The monoisotopic (exact) mass is 264 g/mol. The minimum atomic E-state index is 0.564. The quantitative estimate of drug-likeness (QED) is 0.822. The third-order valence-corrected chi connectivity index (χ3v) is 5.13. The Bertz CT molecular complexity index is 584. The predicted molar refractivity (Wildman–Crippen MR) is 77.3 cm³/mol. The molecule has 4 heteroatoms. The second kappa shape index (κ2) is 4.50. The van der Waals surface area contributed by atoms with Crippen molar-refractivity contribution in [2.45, 2.75) is 30.6 Å². The molecular weight excluding hydrogens is 248 g/mol. The summed E-state index contributed by atoms with van der Waals surface area (Å²) in [5, 5.41) is 0.709. The summed E-state index contributed by atoms with van der Waals surface area (Å²) in [4.78, 5) is 3.32. The number of H-pyrrole nitrogens is 1. The van der Waals surface area contributed by atoms with Crippen LogP contribution in [0, 0.1) is 4.77 Å². The molecule has 2 unspecified atom stereocenters. The first kappa shape index (κ1) is 11.4. The van der Waals surface area contributed by atoms with Crippen molar-refractivity contribution in [2.75, 3.05) is 6.26 Å². The van der Waals surface area contributed by atoms with Crippen LogP contribution in [-0.4, -0.2) is 21.1 Å². The maximum Gasteiger partial charge on any atom is 0.178 e. The normalized spacial score (nSPS) is 24.5. The van der Waals surface area contributed by atoms with E-state index in [2.05, 4.69) is 40.1 Å². The van der Waals surface area contributed by atoms with Crippen molar-refractivity contribution in [3.63, 3.8) is 0 Å². The van der Waals surface area contributed by atoms with Crippen molar-refractivity contribution < 1.29 is 0 Å². The molecule has 1 aromatic heterocycles. The molecule has 1 N–H and O–H groups in total. The summed E-state index contributed by atoms with van der Waals surface area (Å²) in [6.45, 7) is 0. The van der Waals surface area contributed by atoms with E-state index in [-0.39, 0.29) is 0 Å². The second-order valence-electron chi connectivity index (χ2n) is 4.59. The fourth-order valence-electron chi connectivity index (χ4n) is 2.88. The Hall–Kier alpha value is -0.740. The van der Waals surface area contributed by atoms with Crippen LogP contribution in [0.4, 0.5) is 0 Å². The van der Waals surface area contributed by atoms with E-state index in [1.807, 2.05) is 11.8 Å². The molecule has 3 rings (SSSR count). The van der Waals surface area contributed by atoms with E-state index in [1.54, 1.807) is 0 Å². The Morgan fingerprint density at radius 1 is 1.35 bits per heavy atom. The number of nitrogens with one attached hydrogen (secondary N) is 1. The molecule has 1 aliphatic rings. The van der Waals surface area contributed by atoms with Crippen molar-refractivity contribution in [3.8, 4) is 0 Å². The third kappa shape index (κ3) is 1.83. The Kier molecular flexibility index (Phi) is 3.01. The molecule has 0 aliphatic heterocycles. The van der Waals surface area contributed by atoms with Gasteiger partial charge in [0, 0.05) is 11.3 Å². The molecule has 1 saturated carbocycles. The van der Waals surface area contributed by atoms with Gasteiger partial charge in [0.25, 0.3) is 0 Å². The van der Waals surface area contributed by atoms with Gasteiger partial charge in [0.15, 0.2) is 4.77 Å². The average molecular weight is 264 g/mol. The van der Waals surface area contributed by atoms with Crippen LogP contribution in [0.25, 0.3) is 11.0 Å². The van der Waals surface area contributed by atoms with Crippen LogP contribution in [0.15, 0.2) is 24.3 Å². The molecule has 0 spiro atoms. The van der Waals surface area contributed by atoms with E-state index in [0.29, 0.717) is 11.3 Å². The standard InChI is InChI=1S/C13H16N2S2/c1-17-12-8-4-7-11(12)15-10-6-3-2-5-9(10)14-13(15)16/h2-3,5-6,11-12H,4,7-8H2,1H3,(H,14,16). The smallest absolute Gasteiger partial charge is 0.178 e. The minimum Gasteiger partial charge on any atom is -0.331 e. The molecule has 0 amide bonds. The number of aromatic amines is 1. The van der Waals surface area contributed by atoms with Crippen molar-refractivity contribution in [2.24, 2.45) is 0 Å². The van der Waals surface area contributed by atoms with Crippen LogP contribution in [0.1, 0.15) is 25.3 Å². The zero-order valence-corrected chi connectivity index (χ0v) is 11.5. The van der Waals surface area contributed by atoms with Crippen molar-refractivity contribution in [3.05, 3.63) is 29.0 Å². The number of thioether (sulfide) groups is 1. The van der Waals surface area contributed by atoms with Gasteiger partial charge in [-0.05, 0) is 43.4 Å². The summed E-state index contributed by atoms with van der Waals surface area (Å²) in [5.41, 5.74) is 2.41. The topological polar surface area (TPSA) is 20.7 Å². The van der Waals surface area contributed by atoms with Gasteiger partial charge < -0.3 is 9.55 Å². The molecule has 0 saturated heterocycles. The number of hydrogen-bond acceptors (Lipinski definition) is 2. The Morgan fingerprint density at radius 2 is 2.18 bits per heavy atom. The molecule has 2 aromatic rings. The van der Waals surface area contributed by atoms with Crippen molar-refractivity contribution in [1.29, 1.82) is 0 Å². The average Bonchev–Trinajstić information content (AvgIpc) is 2.90. The number of nitrogens with zero attached hydrogens (tertiary/aromatic N) is 1. The molecule has 0 bridgehead atoms. The third-order valence-electron chi connectivity index (χ3n) is 3.68. The lowest BCUT2D eigenvalue weighted by molar-refractivity contribution is 0.536. The zero-order valence-electron chi connectivity index (χ0n) is 9.85. The van der Waals surface area contributed by atoms with E-state index in [1.165, 1.54) is 24.8 Å². The SMILES string of the molecule is CSC1CCCC1n1c(=S)[nH]c2ccccc21. The van der Waals surface area contributed by atoms with Gasteiger partial charge in [0.2, 0.25) is 0 Å².